The second-order valence-electron chi connectivity index (χ2n) is 6.61. The average Bonchev–Trinajstić information content (AvgIpc) is 2.93. The molecule has 2 unspecified atom stereocenters. The maximum absolute atomic E-state index is 12.9. The first kappa shape index (κ1) is 16.0. The van der Waals surface area contributed by atoms with Gasteiger partial charge in [-0.15, -0.1) is 0 Å². The predicted octanol–water partition coefficient (Wildman–Crippen LogP) is 3.28. The zero-order valence-electron chi connectivity index (χ0n) is 13.5. The van der Waals surface area contributed by atoms with E-state index in [-0.39, 0.29) is 17.9 Å². The molecule has 1 aliphatic rings. The number of aryl methyl sites for hydroxylation is 1. The molecule has 0 aromatic heterocycles. The molecular formula is C18H28N2O. The van der Waals surface area contributed by atoms with Crippen LogP contribution in [0.1, 0.15) is 50.3 Å². The fourth-order valence-corrected chi connectivity index (χ4v) is 3.42. The van der Waals surface area contributed by atoms with Crippen LogP contribution in [0.25, 0.3) is 0 Å². The number of carbonyl (C=O) groups excluding carboxylic acids is 1. The van der Waals surface area contributed by atoms with Crippen molar-refractivity contribution >= 4 is 5.91 Å². The van der Waals surface area contributed by atoms with Crippen LogP contribution in [0.15, 0.2) is 24.3 Å². The van der Waals surface area contributed by atoms with Gasteiger partial charge in [0.15, 0.2) is 0 Å². The molecule has 1 aromatic rings. The van der Waals surface area contributed by atoms with E-state index < -0.39 is 0 Å². The number of hydrogen-bond acceptors (Lipinski definition) is 2. The molecule has 1 aliphatic heterocycles. The molecule has 3 heteroatoms. The lowest BCUT2D eigenvalue weighted by molar-refractivity contribution is -0.136. The molecule has 0 spiro atoms. The topological polar surface area (TPSA) is 46.3 Å². The SMILES string of the molecule is Cc1ccccc1C1CCCN1C(=O)C(CN)CC(C)C. The minimum Gasteiger partial charge on any atom is -0.335 e. The van der Waals surface area contributed by atoms with E-state index in [9.17, 15) is 4.79 Å². The van der Waals surface area contributed by atoms with Crippen molar-refractivity contribution in [2.24, 2.45) is 17.6 Å². The zero-order valence-corrected chi connectivity index (χ0v) is 13.5. The van der Waals surface area contributed by atoms with Crippen LogP contribution in [0.3, 0.4) is 0 Å². The van der Waals surface area contributed by atoms with Crippen LogP contribution in [0, 0.1) is 18.8 Å². The normalized spacial score (nSPS) is 20.0. The molecule has 2 rings (SSSR count). The van der Waals surface area contributed by atoms with Crippen LogP contribution in [0.4, 0.5) is 0 Å². The Morgan fingerprint density at radius 1 is 1.38 bits per heavy atom. The minimum atomic E-state index is -0.0328. The fraction of sp³-hybridized carbons (Fsp3) is 0.611. The van der Waals surface area contributed by atoms with Crippen LogP contribution < -0.4 is 5.73 Å². The summed E-state index contributed by atoms with van der Waals surface area (Å²) < 4.78 is 0. The molecule has 1 aromatic carbocycles. The second-order valence-corrected chi connectivity index (χ2v) is 6.61. The highest BCUT2D eigenvalue weighted by Crippen LogP contribution is 2.35. The summed E-state index contributed by atoms with van der Waals surface area (Å²) in [5.41, 5.74) is 8.42. The van der Waals surface area contributed by atoms with E-state index in [1.165, 1.54) is 11.1 Å². The molecule has 116 valence electrons. The van der Waals surface area contributed by atoms with Crippen LogP contribution in [0.2, 0.25) is 0 Å². The van der Waals surface area contributed by atoms with Gasteiger partial charge in [-0.3, -0.25) is 4.79 Å². The molecule has 0 bridgehead atoms. The number of carbonyl (C=O) groups is 1. The molecule has 1 saturated heterocycles. The summed E-state index contributed by atoms with van der Waals surface area (Å²) in [6, 6.07) is 8.65. The Hall–Kier alpha value is -1.35. The number of likely N-dealkylation sites (tertiary alicyclic amines) is 1. The molecule has 0 saturated carbocycles. The van der Waals surface area contributed by atoms with Crippen LogP contribution in [-0.4, -0.2) is 23.9 Å². The maximum atomic E-state index is 12.9. The van der Waals surface area contributed by atoms with E-state index >= 15 is 0 Å². The third-order valence-electron chi connectivity index (χ3n) is 4.47. The van der Waals surface area contributed by atoms with Crippen LogP contribution >= 0.6 is 0 Å². The van der Waals surface area contributed by atoms with Gasteiger partial charge in [0.2, 0.25) is 5.91 Å². The van der Waals surface area contributed by atoms with Gasteiger partial charge in [-0.05, 0) is 43.2 Å². The monoisotopic (exact) mass is 288 g/mol. The highest BCUT2D eigenvalue weighted by Gasteiger charge is 2.34. The number of rotatable bonds is 5. The van der Waals surface area contributed by atoms with Gasteiger partial charge in [-0.2, -0.15) is 0 Å². The summed E-state index contributed by atoms with van der Waals surface area (Å²) in [4.78, 5) is 14.9. The first-order valence-electron chi connectivity index (χ1n) is 8.10. The molecule has 1 fully saturated rings. The van der Waals surface area contributed by atoms with Crippen molar-refractivity contribution in [2.75, 3.05) is 13.1 Å². The molecule has 2 atom stereocenters. The Bertz CT molecular complexity index is 484. The molecule has 1 heterocycles. The molecule has 3 nitrogen and oxygen atoms in total. The third-order valence-corrected chi connectivity index (χ3v) is 4.47. The first-order valence-corrected chi connectivity index (χ1v) is 8.10. The molecule has 1 amide bonds. The quantitative estimate of drug-likeness (QED) is 0.903. The number of nitrogens with two attached hydrogens (primary N) is 1. The van der Waals surface area contributed by atoms with E-state index in [4.69, 9.17) is 5.73 Å². The van der Waals surface area contributed by atoms with Gasteiger partial charge in [0.05, 0.1) is 12.0 Å². The lowest BCUT2D eigenvalue weighted by Gasteiger charge is -2.30. The number of benzene rings is 1. The molecule has 0 radical (unpaired) electrons. The Labute approximate surface area is 128 Å². The van der Waals surface area contributed by atoms with Crippen molar-refractivity contribution in [1.29, 1.82) is 0 Å². The molecule has 0 aliphatic carbocycles. The average molecular weight is 288 g/mol. The van der Waals surface area contributed by atoms with E-state index in [1.54, 1.807) is 0 Å². The van der Waals surface area contributed by atoms with Gasteiger partial charge >= 0.3 is 0 Å². The van der Waals surface area contributed by atoms with Crippen molar-refractivity contribution in [3.63, 3.8) is 0 Å². The number of nitrogens with zero attached hydrogens (tertiary/aromatic N) is 1. The maximum Gasteiger partial charge on any atom is 0.227 e. The largest absolute Gasteiger partial charge is 0.335 e. The van der Waals surface area contributed by atoms with Gasteiger partial charge in [-0.25, -0.2) is 0 Å². The smallest absolute Gasteiger partial charge is 0.227 e. The van der Waals surface area contributed by atoms with Crippen LogP contribution in [0.5, 0.6) is 0 Å². The Kier molecular flexibility index (Phi) is 5.40. The third kappa shape index (κ3) is 3.65. The summed E-state index contributed by atoms with van der Waals surface area (Å²) in [6.45, 7) is 7.75. The van der Waals surface area contributed by atoms with Crippen LogP contribution in [-0.2, 0) is 4.79 Å². The Morgan fingerprint density at radius 2 is 2.10 bits per heavy atom. The lowest BCUT2D eigenvalue weighted by Crippen LogP contribution is -2.39. The van der Waals surface area contributed by atoms with Crippen molar-refractivity contribution in [3.8, 4) is 0 Å². The van der Waals surface area contributed by atoms with E-state index in [1.807, 2.05) is 0 Å². The Morgan fingerprint density at radius 3 is 2.71 bits per heavy atom. The molecular weight excluding hydrogens is 260 g/mol. The highest BCUT2D eigenvalue weighted by molar-refractivity contribution is 5.80. The minimum absolute atomic E-state index is 0.0328. The lowest BCUT2D eigenvalue weighted by atomic mass is 9.94. The summed E-state index contributed by atoms with van der Waals surface area (Å²) in [5.74, 6) is 0.716. The second kappa shape index (κ2) is 7.08. The van der Waals surface area contributed by atoms with Gasteiger partial charge in [0, 0.05) is 13.1 Å². The predicted molar refractivity (Wildman–Crippen MR) is 86.9 cm³/mol. The van der Waals surface area contributed by atoms with Gasteiger partial charge < -0.3 is 10.6 Å². The standard InChI is InChI=1S/C18H28N2O/c1-13(2)11-15(12-19)18(21)20-10-6-9-17(20)16-8-5-4-7-14(16)3/h4-5,7-8,13,15,17H,6,9-12,19H2,1-3H3. The summed E-state index contributed by atoms with van der Waals surface area (Å²) in [5, 5.41) is 0. The van der Waals surface area contributed by atoms with Gasteiger partial charge in [0.1, 0.15) is 0 Å². The molecule has 21 heavy (non-hydrogen) atoms. The highest BCUT2D eigenvalue weighted by atomic mass is 16.2. The van der Waals surface area contributed by atoms with Crippen molar-refractivity contribution < 1.29 is 4.79 Å². The fourth-order valence-electron chi connectivity index (χ4n) is 3.42. The summed E-state index contributed by atoms with van der Waals surface area (Å²) in [7, 11) is 0. The zero-order chi connectivity index (χ0) is 15.4. The summed E-state index contributed by atoms with van der Waals surface area (Å²) in [6.07, 6.45) is 3.03. The number of hydrogen-bond donors (Lipinski definition) is 1. The van der Waals surface area contributed by atoms with Crippen molar-refractivity contribution in [2.45, 2.75) is 46.1 Å². The molecule has 2 N–H and O–H groups in total. The Balaban J connectivity index is 2.18. The van der Waals surface area contributed by atoms with Crippen molar-refractivity contribution in [1.82, 2.24) is 4.90 Å². The summed E-state index contributed by atoms with van der Waals surface area (Å²) >= 11 is 0. The van der Waals surface area contributed by atoms with Gasteiger partial charge in [0.25, 0.3) is 0 Å². The number of amides is 1. The van der Waals surface area contributed by atoms with Gasteiger partial charge in [-0.1, -0.05) is 38.1 Å². The van der Waals surface area contributed by atoms with Crippen molar-refractivity contribution in [3.05, 3.63) is 35.4 Å². The van der Waals surface area contributed by atoms with E-state index in [0.717, 1.165) is 25.8 Å². The van der Waals surface area contributed by atoms with E-state index in [2.05, 4.69) is 49.9 Å². The first-order chi connectivity index (χ1) is 10.0. The van der Waals surface area contributed by atoms with E-state index in [0.29, 0.717) is 12.5 Å².